The second-order valence-electron chi connectivity index (χ2n) is 3.84. The van der Waals surface area contributed by atoms with Crippen LogP contribution in [-0.2, 0) is 12.3 Å². The predicted octanol–water partition coefficient (Wildman–Crippen LogP) is 1.11. The first-order chi connectivity index (χ1) is 9.29. The van der Waals surface area contributed by atoms with Gasteiger partial charge in [-0.2, -0.15) is 0 Å². The van der Waals surface area contributed by atoms with E-state index in [0.717, 1.165) is 23.8 Å². The van der Waals surface area contributed by atoms with Crippen LogP contribution in [0.5, 0.6) is 0 Å². The number of tetrazole rings is 1. The van der Waals surface area contributed by atoms with Gasteiger partial charge in [-0.15, -0.1) is 5.10 Å². The summed E-state index contributed by atoms with van der Waals surface area (Å²) in [6.45, 7) is 4.49. The van der Waals surface area contributed by atoms with Gasteiger partial charge >= 0.3 is 0 Å². The summed E-state index contributed by atoms with van der Waals surface area (Å²) in [5.41, 5.74) is 0.811. The van der Waals surface area contributed by atoms with Crippen molar-refractivity contribution < 1.29 is 4.39 Å². The van der Waals surface area contributed by atoms with Crippen LogP contribution >= 0.6 is 11.8 Å². The van der Waals surface area contributed by atoms with Crippen molar-refractivity contribution in [2.75, 3.05) is 13.1 Å². The number of hydrogen-bond acceptors (Lipinski definition) is 6. The molecule has 2 rings (SSSR count). The van der Waals surface area contributed by atoms with E-state index in [2.05, 4.69) is 25.8 Å². The van der Waals surface area contributed by atoms with Crippen LogP contribution in [0.15, 0.2) is 23.6 Å². The Morgan fingerprint density at radius 1 is 1.42 bits per heavy atom. The fraction of sp³-hybridized carbons (Fsp3) is 0.455. The third-order valence-electron chi connectivity index (χ3n) is 2.38. The Hall–Kier alpha value is -1.54. The molecule has 0 amide bonds. The lowest BCUT2D eigenvalue weighted by atomic mass is 10.3. The van der Waals surface area contributed by atoms with Crippen LogP contribution in [0.3, 0.4) is 0 Å². The zero-order chi connectivity index (χ0) is 13.5. The van der Waals surface area contributed by atoms with Gasteiger partial charge in [0.1, 0.15) is 5.82 Å². The van der Waals surface area contributed by atoms with E-state index in [1.54, 1.807) is 10.9 Å². The second-order valence-corrected chi connectivity index (χ2v) is 4.78. The Bertz CT molecular complexity index is 517. The van der Waals surface area contributed by atoms with Crippen LogP contribution in [0, 0.1) is 5.82 Å². The van der Waals surface area contributed by atoms with Crippen molar-refractivity contribution in [3.8, 4) is 0 Å². The van der Waals surface area contributed by atoms with E-state index in [0.29, 0.717) is 12.3 Å². The van der Waals surface area contributed by atoms with Crippen LogP contribution in [0.2, 0.25) is 0 Å². The Morgan fingerprint density at radius 3 is 3.11 bits per heavy atom. The molecule has 0 bridgehead atoms. The molecule has 2 aromatic heterocycles. The third kappa shape index (κ3) is 4.25. The molecule has 8 heteroatoms. The van der Waals surface area contributed by atoms with Crippen molar-refractivity contribution in [1.29, 1.82) is 0 Å². The first kappa shape index (κ1) is 13.9. The Kier molecular flexibility index (Phi) is 5.22. The molecule has 0 unspecified atom stereocenters. The van der Waals surface area contributed by atoms with Gasteiger partial charge < -0.3 is 5.32 Å². The Labute approximate surface area is 114 Å². The molecule has 0 radical (unpaired) electrons. The van der Waals surface area contributed by atoms with Crippen molar-refractivity contribution in [2.45, 2.75) is 24.4 Å². The zero-order valence-corrected chi connectivity index (χ0v) is 11.4. The van der Waals surface area contributed by atoms with E-state index in [1.165, 1.54) is 24.0 Å². The molecule has 0 atom stereocenters. The van der Waals surface area contributed by atoms with Crippen LogP contribution < -0.4 is 5.32 Å². The molecule has 0 saturated heterocycles. The lowest BCUT2D eigenvalue weighted by Crippen LogP contribution is -2.20. The Balaban J connectivity index is 1.90. The van der Waals surface area contributed by atoms with E-state index in [-0.39, 0.29) is 5.82 Å². The number of likely N-dealkylation sites (N-methyl/N-ethyl adjacent to an activating group) is 1. The lowest BCUT2D eigenvalue weighted by molar-refractivity contribution is 0.517. The van der Waals surface area contributed by atoms with Gasteiger partial charge in [-0.1, -0.05) is 18.7 Å². The SMILES string of the molecule is CCNCCn1nnnc1SCc1cncc(F)c1. The Morgan fingerprint density at radius 2 is 2.32 bits per heavy atom. The molecule has 0 aliphatic carbocycles. The average molecular weight is 282 g/mol. The summed E-state index contributed by atoms with van der Waals surface area (Å²) in [6.07, 6.45) is 2.83. The fourth-order valence-electron chi connectivity index (χ4n) is 1.48. The minimum absolute atomic E-state index is 0.329. The molecule has 0 spiro atoms. The maximum Gasteiger partial charge on any atom is 0.209 e. The highest BCUT2D eigenvalue weighted by atomic mass is 32.2. The monoisotopic (exact) mass is 282 g/mol. The van der Waals surface area contributed by atoms with Gasteiger partial charge in [-0.25, -0.2) is 9.07 Å². The molecule has 6 nitrogen and oxygen atoms in total. The molecule has 2 heterocycles. The maximum atomic E-state index is 13.0. The highest BCUT2D eigenvalue weighted by molar-refractivity contribution is 7.98. The smallest absolute Gasteiger partial charge is 0.209 e. The molecule has 0 aliphatic rings. The molecule has 0 fully saturated rings. The largest absolute Gasteiger partial charge is 0.315 e. The predicted molar refractivity (Wildman–Crippen MR) is 70.1 cm³/mol. The minimum Gasteiger partial charge on any atom is -0.315 e. The first-order valence-electron chi connectivity index (χ1n) is 5.98. The second kappa shape index (κ2) is 7.15. The number of aromatic nitrogens is 5. The molecule has 2 aromatic rings. The van der Waals surface area contributed by atoms with Crippen molar-refractivity contribution in [3.63, 3.8) is 0 Å². The highest BCUT2D eigenvalue weighted by Crippen LogP contribution is 2.19. The molecule has 0 aliphatic heterocycles. The molecule has 1 N–H and O–H groups in total. The summed E-state index contributed by atoms with van der Waals surface area (Å²) < 4.78 is 14.7. The molecule has 19 heavy (non-hydrogen) atoms. The van der Waals surface area contributed by atoms with E-state index >= 15 is 0 Å². The maximum absolute atomic E-state index is 13.0. The van der Waals surface area contributed by atoms with Gasteiger partial charge in [0, 0.05) is 18.5 Å². The quantitative estimate of drug-likeness (QED) is 0.606. The molecular weight excluding hydrogens is 267 g/mol. The van der Waals surface area contributed by atoms with Gasteiger partial charge in [0.25, 0.3) is 0 Å². The minimum atomic E-state index is -0.329. The summed E-state index contributed by atoms with van der Waals surface area (Å²) in [5, 5.41) is 15.5. The van der Waals surface area contributed by atoms with E-state index in [4.69, 9.17) is 0 Å². The van der Waals surface area contributed by atoms with Crippen LogP contribution in [0.25, 0.3) is 0 Å². The van der Waals surface area contributed by atoms with E-state index in [1.807, 2.05) is 6.92 Å². The van der Waals surface area contributed by atoms with Crippen LogP contribution in [0.1, 0.15) is 12.5 Å². The summed E-state index contributed by atoms with van der Waals surface area (Å²) >= 11 is 1.47. The average Bonchev–Trinajstić information content (AvgIpc) is 2.84. The number of halogens is 1. The number of nitrogens with zero attached hydrogens (tertiary/aromatic N) is 5. The lowest BCUT2D eigenvalue weighted by Gasteiger charge is -2.04. The summed E-state index contributed by atoms with van der Waals surface area (Å²) in [4.78, 5) is 3.81. The molecular formula is C11H15FN6S. The summed E-state index contributed by atoms with van der Waals surface area (Å²) in [6, 6.07) is 1.47. The zero-order valence-electron chi connectivity index (χ0n) is 10.6. The topological polar surface area (TPSA) is 68.5 Å². The van der Waals surface area contributed by atoms with Crippen LogP contribution in [-0.4, -0.2) is 38.3 Å². The summed E-state index contributed by atoms with van der Waals surface area (Å²) in [7, 11) is 0. The van der Waals surface area contributed by atoms with E-state index < -0.39 is 0 Å². The molecule has 0 saturated carbocycles. The first-order valence-corrected chi connectivity index (χ1v) is 6.97. The van der Waals surface area contributed by atoms with Crippen LogP contribution in [0.4, 0.5) is 4.39 Å². The van der Waals surface area contributed by atoms with Crippen molar-refractivity contribution >= 4 is 11.8 Å². The van der Waals surface area contributed by atoms with Crippen molar-refractivity contribution in [2.24, 2.45) is 0 Å². The van der Waals surface area contributed by atoms with Crippen molar-refractivity contribution in [3.05, 3.63) is 29.8 Å². The van der Waals surface area contributed by atoms with Gasteiger partial charge in [-0.3, -0.25) is 4.98 Å². The van der Waals surface area contributed by atoms with E-state index in [9.17, 15) is 4.39 Å². The number of nitrogens with one attached hydrogen (secondary N) is 1. The fourth-order valence-corrected chi connectivity index (χ4v) is 2.31. The number of pyridine rings is 1. The standard InChI is InChI=1S/C11H15FN6S/c1-2-13-3-4-18-11(15-16-17-18)19-8-9-5-10(12)7-14-6-9/h5-7,13H,2-4,8H2,1H3. The normalized spacial score (nSPS) is 10.8. The third-order valence-corrected chi connectivity index (χ3v) is 3.41. The highest BCUT2D eigenvalue weighted by Gasteiger charge is 2.07. The van der Waals surface area contributed by atoms with Crippen molar-refractivity contribution in [1.82, 2.24) is 30.5 Å². The number of rotatable bonds is 7. The van der Waals surface area contributed by atoms with Gasteiger partial charge in [0.05, 0.1) is 12.7 Å². The number of hydrogen-bond donors (Lipinski definition) is 1. The van der Waals surface area contributed by atoms with Gasteiger partial charge in [-0.05, 0) is 28.6 Å². The van der Waals surface area contributed by atoms with Gasteiger partial charge in [0.15, 0.2) is 0 Å². The molecule has 102 valence electrons. The summed E-state index contributed by atoms with van der Waals surface area (Å²) in [5.74, 6) is 0.261. The number of thioether (sulfide) groups is 1. The molecule has 0 aromatic carbocycles. The van der Waals surface area contributed by atoms with Gasteiger partial charge in [0.2, 0.25) is 5.16 Å².